The molecule has 0 spiro atoms. The quantitative estimate of drug-likeness (QED) is 0.574. The Morgan fingerprint density at radius 2 is 2.23 bits per heavy atom. The van der Waals surface area contributed by atoms with Gasteiger partial charge in [0.05, 0.1) is 12.6 Å². The highest BCUT2D eigenvalue weighted by Crippen LogP contribution is 2.17. The lowest BCUT2D eigenvalue weighted by atomic mass is 10.1. The summed E-state index contributed by atoms with van der Waals surface area (Å²) >= 11 is 1.96. The monoisotopic (exact) mass is 325 g/mol. The third-order valence-corrected chi connectivity index (χ3v) is 4.74. The van der Waals surface area contributed by atoms with Crippen LogP contribution in [0.2, 0.25) is 0 Å². The summed E-state index contributed by atoms with van der Waals surface area (Å²) in [4.78, 5) is 4.45. The fourth-order valence-electron chi connectivity index (χ4n) is 2.34. The second-order valence-electron chi connectivity index (χ2n) is 5.35. The maximum atomic E-state index is 12.9. The summed E-state index contributed by atoms with van der Waals surface area (Å²) in [5.41, 5.74) is 0.675. The van der Waals surface area contributed by atoms with Crippen LogP contribution >= 0.6 is 11.8 Å². The summed E-state index contributed by atoms with van der Waals surface area (Å²) in [6.45, 7) is 3.04. The molecular formula is C16H24FN3OS. The Hall–Kier alpha value is -1.27. The van der Waals surface area contributed by atoms with Gasteiger partial charge in [-0.25, -0.2) is 4.39 Å². The van der Waals surface area contributed by atoms with Crippen molar-refractivity contribution in [2.24, 2.45) is 4.99 Å². The summed E-state index contributed by atoms with van der Waals surface area (Å²) in [7, 11) is 0. The molecule has 1 fully saturated rings. The van der Waals surface area contributed by atoms with Gasteiger partial charge in [-0.1, -0.05) is 12.1 Å². The maximum absolute atomic E-state index is 12.9. The highest BCUT2D eigenvalue weighted by Gasteiger charge is 2.15. The first kappa shape index (κ1) is 17.1. The molecule has 0 saturated carbocycles. The van der Waals surface area contributed by atoms with E-state index >= 15 is 0 Å². The molecule has 2 rings (SSSR count). The number of aliphatic hydroxyl groups excluding tert-OH is 1. The average Bonchev–Trinajstić information content (AvgIpc) is 2.54. The zero-order chi connectivity index (χ0) is 15.8. The number of nitrogens with one attached hydrogen (secondary N) is 2. The number of aliphatic hydroxyl groups is 1. The van der Waals surface area contributed by atoms with Gasteiger partial charge >= 0.3 is 0 Å². The highest BCUT2D eigenvalue weighted by atomic mass is 32.2. The van der Waals surface area contributed by atoms with Crippen LogP contribution in [0.25, 0.3) is 0 Å². The standard InChI is InChI=1S/C16H24FN3OS/c1-2-18-16(20-14-4-3-9-22-11-14)19-10-15(21)12-5-7-13(17)8-6-12/h5-8,14-15,21H,2-4,9-11H2,1H3,(H2,18,19,20). The lowest BCUT2D eigenvalue weighted by Crippen LogP contribution is -2.45. The molecule has 1 aliphatic rings. The number of aliphatic imine (C=N–C) groups is 1. The molecule has 22 heavy (non-hydrogen) atoms. The first-order valence-corrected chi connectivity index (χ1v) is 8.90. The van der Waals surface area contributed by atoms with Crippen molar-refractivity contribution in [1.82, 2.24) is 10.6 Å². The lowest BCUT2D eigenvalue weighted by molar-refractivity contribution is 0.187. The van der Waals surface area contributed by atoms with E-state index in [0.29, 0.717) is 11.6 Å². The van der Waals surface area contributed by atoms with Gasteiger partial charge in [0.25, 0.3) is 0 Å². The van der Waals surface area contributed by atoms with Crippen LogP contribution in [0.1, 0.15) is 31.4 Å². The summed E-state index contributed by atoms with van der Waals surface area (Å²) in [5, 5.41) is 16.8. The van der Waals surface area contributed by atoms with E-state index in [4.69, 9.17) is 0 Å². The lowest BCUT2D eigenvalue weighted by Gasteiger charge is -2.24. The number of hydrogen-bond donors (Lipinski definition) is 3. The Balaban J connectivity index is 1.91. The predicted octanol–water partition coefficient (Wildman–Crippen LogP) is 2.31. The molecule has 1 aliphatic heterocycles. The minimum Gasteiger partial charge on any atom is -0.386 e. The van der Waals surface area contributed by atoms with Crippen molar-refractivity contribution in [3.63, 3.8) is 0 Å². The zero-order valence-corrected chi connectivity index (χ0v) is 13.7. The van der Waals surface area contributed by atoms with Crippen LogP contribution in [-0.4, -0.2) is 41.7 Å². The summed E-state index contributed by atoms with van der Waals surface area (Å²) in [6, 6.07) is 6.32. The molecule has 1 aromatic carbocycles. The summed E-state index contributed by atoms with van der Waals surface area (Å²) in [5.74, 6) is 2.75. The van der Waals surface area contributed by atoms with Crippen LogP contribution in [0, 0.1) is 5.82 Å². The maximum Gasteiger partial charge on any atom is 0.191 e. The number of nitrogens with zero attached hydrogens (tertiary/aromatic N) is 1. The van der Waals surface area contributed by atoms with E-state index in [1.807, 2.05) is 18.7 Å². The van der Waals surface area contributed by atoms with Gasteiger partial charge < -0.3 is 15.7 Å². The second kappa shape index (κ2) is 9.00. The Bertz CT molecular complexity index is 475. The van der Waals surface area contributed by atoms with Crippen LogP contribution < -0.4 is 10.6 Å². The molecule has 3 N–H and O–H groups in total. The fourth-order valence-corrected chi connectivity index (χ4v) is 3.41. The molecule has 2 unspecified atom stereocenters. The number of halogens is 1. The molecule has 4 nitrogen and oxygen atoms in total. The molecule has 0 radical (unpaired) electrons. The SMILES string of the molecule is CCNC(=NCC(O)c1ccc(F)cc1)NC1CCCSC1. The third-order valence-electron chi connectivity index (χ3n) is 3.52. The van der Waals surface area contributed by atoms with Crippen LogP contribution in [0.15, 0.2) is 29.3 Å². The van der Waals surface area contributed by atoms with Gasteiger partial charge in [0, 0.05) is 18.3 Å². The molecular weight excluding hydrogens is 301 g/mol. The van der Waals surface area contributed by atoms with E-state index in [-0.39, 0.29) is 12.4 Å². The minimum atomic E-state index is -0.725. The largest absolute Gasteiger partial charge is 0.386 e. The summed E-state index contributed by atoms with van der Waals surface area (Å²) < 4.78 is 12.9. The molecule has 6 heteroatoms. The van der Waals surface area contributed by atoms with Crippen LogP contribution in [-0.2, 0) is 0 Å². The van der Waals surface area contributed by atoms with Crippen molar-refractivity contribution in [3.8, 4) is 0 Å². The summed E-state index contributed by atoms with van der Waals surface area (Å²) in [6.07, 6.45) is 1.65. The zero-order valence-electron chi connectivity index (χ0n) is 12.9. The Kier molecular flexibility index (Phi) is 6.99. The van der Waals surface area contributed by atoms with Gasteiger partial charge in [-0.3, -0.25) is 4.99 Å². The minimum absolute atomic E-state index is 0.251. The molecule has 1 aromatic rings. The molecule has 1 saturated heterocycles. The number of guanidine groups is 1. The van der Waals surface area contributed by atoms with Crippen molar-refractivity contribution in [2.75, 3.05) is 24.6 Å². The molecule has 0 bridgehead atoms. The third kappa shape index (κ3) is 5.50. The number of hydrogen-bond acceptors (Lipinski definition) is 3. The van der Waals surface area contributed by atoms with Gasteiger partial charge in [-0.05, 0) is 43.2 Å². The Morgan fingerprint density at radius 1 is 1.45 bits per heavy atom. The van der Waals surface area contributed by atoms with Crippen molar-refractivity contribution in [3.05, 3.63) is 35.6 Å². The first-order valence-electron chi connectivity index (χ1n) is 7.75. The average molecular weight is 325 g/mol. The van der Waals surface area contributed by atoms with Gasteiger partial charge in [-0.15, -0.1) is 0 Å². The Labute approximate surface area is 135 Å². The van der Waals surface area contributed by atoms with E-state index in [1.54, 1.807) is 12.1 Å². The first-order chi connectivity index (χ1) is 10.7. The molecule has 0 amide bonds. The molecule has 0 aromatic heterocycles. The number of rotatable bonds is 5. The Morgan fingerprint density at radius 3 is 2.86 bits per heavy atom. The van der Waals surface area contributed by atoms with E-state index in [0.717, 1.165) is 24.7 Å². The second-order valence-corrected chi connectivity index (χ2v) is 6.50. The van der Waals surface area contributed by atoms with Crippen LogP contribution in [0.4, 0.5) is 4.39 Å². The molecule has 122 valence electrons. The number of thioether (sulfide) groups is 1. The van der Waals surface area contributed by atoms with Crippen molar-refractivity contribution >= 4 is 17.7 Å². The van der Waals surface area contributed by atoms with E-state index in [1.165, 1.54) is 24.3 Å². The van der Waals surface area contributed by atoms with E-state index < -0.39 is 6.10 Å². The van der Waals surface area contributed by atoms with E-state index in [2.05, 4.69) is 15.6 Å². The fraction of sp³-hybridized carbons (Fsp3) is 0.562. The normalized spacial score (nSPS) is 20.5. The smallest absolute Gasteiger partial charge is 0.191 e. The van der Waals surface area contributed by atoms with Crippen LogP contribution in [0.3, 0.4) is 0 Å². The van der Waals surface area contributed by atoms with Gasteiger partial charge in [0.1, 0.15) is 5.82 Å². The topological polar surface area (TPSA) is 56.7 Å². The highest BCUT2D eigenvalue weighted by molar-refractivity contribution is 7.99. The van der Waals surface area contributed by atoms with Gasteiger partial charge in [0.2, 0.25) is 0 Å². The van der Waals surface area contributed by atoms with Crippen molar-refractivity contribution in [2.45, 2.75) is 31.9 Å². The van der Waals surface area contributed by atoms with Crippen molar-refractivity contribution < 1.29 is 9.50 Å². The molecule has 2 atom stereocenters. The van der Waals surface area contributed by atoms with Crippen LogP contribution in [0.5, 0.6) is 0 Å². The molecule has 1 heterocycles. The van der Waals surface area contributed by atoms with Gasteiger partial charge in [-0.2, -0.15) is 11.8 Å². The van der Waals surface area contributed by atoms with E-state index in [9.17, 15) is 9.50 Å². The molecule has 0 aliphatic carbocycles. The predicted molar refractivity (Wildman–Crippen MR) is 90.8 cm³/mol. The van der Waals surface area contributed by atoms with Gasteiger partial charge in [0.15, 0.2) is 5.96 Å². The van der Waals surface area contributed by atoms with Crippen molar-refractivity contribution in [1.29, 1.82) is 0 Å². The number of benzene rings is 1.